The average Bonchev–Trinajstić information content (AvgIpc) is 2.67. The average molecular weight is 319 g/mol. The van der Waals surface area contributed by atoms with Gasteiger partial charge < -0.3 is 10.1 Å². The van der Waals surface area contributed by atoms with Crippen molar-refractivity contribution in [3.05, 3.63) is 77.9 Å². The Hall–Kier alpha value is -3.21. The molecule has 1 amide bonds. The molecule has 0 aliphatic carbocycles. The van der Waals surface area contributed by atoms with Gasteiger partial charge in [0.1, 0.15) is 0 Å². The van der Waals surface area contributed by atoms with E-state index in [4.69, 9.17) is 4.74 Å². The fourth-order valence-electron chi connectivity index (χ4n) is 2.26. The summed E-state index contributed by atoms with van der Waals surface area (Å²) < 4.78 is 4.99. The molecular formula is C19H17N3O2. The highest BCUT2D eigenvalue weighted by Crippen LogP contribution is 2.18. The molecule has 0 radical (unpaired) electrons. The van der Waals surface area contributed by atoms with Crippen LogP contribution in [0.3, 0.4) is 0 Å². The molecule has 5 nitrogen and oxygen atoms in total. The number of hydrogen-bond acceptors (Lipinski definition) is 4. The van der Waals surface area contributed by atoms with Gasteiger partial charge in [-0.2, -0.15) is 0 Å². The first-order valence-corrected chi connectivity index (χ1v) is 7.56. The summed E-state index contributed by atoms with van der Waals surface area (Å²) in [6.07, 6.45) is 0. The summed E-state index contributed by atoms with van der Waals surface area (Å²) in [5.74, 6) is 0.363. The maximum absolute atomic E-state index is 12.2. The highest BCUT2D eigenvalue weighted by molar-refractivity contribution is 5.94. The van der Waals surface area contributed by atoms with Crippen molar-refractivity contribution in [2.24, 2.45) is 0 Å². The molecule has 24 heavy (non-hydrogen) atoms. The number of amides is 1. The summed E-state index contributed by atoms with van der Waals surface area (Å²) in [6, 6.07) is 20.7. The molecule has 0 atom stereocenters. The van der Waals surface area contributed by atoms with Gasteiger partial charge in [0.05, 0.1) is 12.8 Å². The van der Waals surface area contributed by atoms with Crippen LogP contribution < -0.4 is 10.1 Å². The van der Waals surface area contributed by atoms with E-state index in [0.29, 0.717) is 18.0 Å². The topological polar surface area (TPSA) is 64.1 Å². The molecule has 0 fully saturated rings. The van der Waals surface area contributed by atoms with E-state index in [1.54, 1.807) is 25.3 Å². The second-order valence-electron chi connectivity index (χ2n) is 5.21. The number of hydrogen-bond donors (Lipinski definition) is 1. The minimum absolute atomic E-state index is 0.105. The molecule has 3 aromatic rings. The summed E-state index contributed by atoms with van der Waals surface area (Å²) in [5.41, 5.74) is 3.30. The van der Waals surface area contributed by atoms with Crippen LogP contribution in [-0.4, -0.2) is 23.2 Å². The van der Waals surface area contributed by atoms with Crippen molar-refractivity contribution in [2.75, 3.05) is 7.11 Å². The zero-order valence-electron chi connectivity index (χ0n) is 13.3. The Labute approximate surface area is 140 Å². The normalized spacial score (nSPS) is 10.2. The van der Waals surface area contributed by atoms with Crippen LogP contribution in [-0.2, 0) is 6.54 Å². The van der Waals surface area contributed by atoms with E-state index >= 15 is 0 Å². The van der Waals surface area contributed by atoms with Gasteiger partial charge in [-0.1, -0.05) is 42.5 Å². The minimum Gasteiger partial charge on any atom is -0.480 e. The second-order valence-corrected chi connectivity index (χ2v) is 5.21. The van der Waals surface area contributed by atoms with Gasteiger partial charge >= 0.3 is 0 Å². The van der Waals surface area contributed by atoms with Crippen molar-refractivity contribution in [1.29, 1.82) is 0 Å². The van der Waals surface area contributed by atoms with Crippen molar-refractivity contribution < 1.29 is 9.53 Å². The quantitative estimate of drug-likeness (QED) is 0.785. The van der Waals surface area contributed by atoms with Gasteiger partial charge in [0, 0.05) is 23.7 Å². The monoisotopic (exact) mass is 319 g/mol. The lowest BCUT2D eigenvalue weighted by Crippen LogP contribution is -2.22. The van der Waals surface area contributed by atoms with E-state index < -0.39 is 0 Å². The van der Waals surface area contributed by atoms with E-state index in [0.717, 1.165) is 16.8 Å². The number of nitrogens with zero attached hydrogens (tertiary/aromatic N) is 2. The van der Waals surface area contributed by atoms with E-state index in [1.165, 1.54) is 0 Å². The maximum atomic E-state index is 12.2. The van der Waals surface area contributed by atoms with Crippen molar-refractivity contribution in [2.45, 2.75) is 6.54 Å². The molecule has 0 unspecified atom stereocenters. The third kappa shape index (κ3) is 3.76. The van der Waals surface area contributed by atoms with E-state index in [9.17, 15) is 4.79 Å². The summed E-state index contributed by atoms with van der Waals surface area (Å²) in [7, 11) is 1.55. The molecule has 2 aromatic carbocycles. The van der Waals surface area contributed by atoms with E-state index in [1.807, 2.05) is 48.5 Å². The fraction of sp³-hybridized carbons (Fsp3) is 0.105. The Morgan fingerprint density at radius 2 is 1.71 bits per heavy atom. The van der Waals surface area contributed by atoms with Gasteiger partial charge in [0.25, 0.3) is 5.91 Å². The zero-order chi connectivity index (χ0) is 16.8. The third-order valence-electron chi connectivity index (χ3n) is 3.59. The Balaban J connectivity index is 1.66. The van der Waals surface area contributed by atoms with Crippen LogP contribution in [0, 0.1) is 0 Å². The highest BCUT2D eigenvalue weighted by atomic mass is 16.5. The zero-order valence-corrected chi connectivity index (χ0v) is 13.3. The molecule has 120 valence electrons. The Morgan fingerprint density at radius 3 is 2.33 bits per heavy atom. The SMILES string of the molecule is COc1ccc(-c2ccc(C(=O)NCc3ccccc3)cc2)nn1. The molecule has 0 saturated heterocycles. The van der Waals surface area contributed by atoms with Gasteiger partial charge in [-0.15, -0.1) is 10.2 Å². The standard InChI is InChI=1S/C19H17N3O2/c1-24-18-12-11-17(21-22-18)15-7-9-16(10-8-15)19(23)20-13-14-5-3-2-4-6-14/h2-12H,13H2,1H3,(H,20,23). The molecule has 3 rings (SSSR count). The lowest BCUT2D eigenvalue weighted by molar-refractivity contribution is 0.0951. The molecule has 0 bridgehead atoms. The van der Waals surface area contributed by atoms with Gasteiger partial charge in [-0.3, -0.25) is 4.79 Å². The molecule has 5 heteroatoms. The molecular weight excluding hydrogens is 302 g/mol. The van der Waals surface area contributed by atoms with Gasteiger partial charge in [-0.25, -0.2) is 0 Å². The molecule has 0 saturated carbocycles. The molecule has 0 aliphatic heterocycles. The summed E-state index contributed by atoms with van der Waals surface area (Å²) in [5, 5.41) is 10.9. The largest absolute Gasteiger partial charge is 0.480 e. The van der Waals surface area contributed by atoms with Crippen molar-refractivity contribution in [3.63, 3.8) is 0 Å². The third-order valence-corrected chi connectivity index (χ3v) is 3.59. The number of aromatic nitrogens is 2. The Kier molecular flexibility index (Phi) is 4.81. The van der Waals surface area contributed by atoms with Crippen molar-refractivity contribution >= 4 is 5.91 Å². The van der Waals surface area contributed by atoms with Crippen LogP contribution in [0.15, 0.2) is 66.7 Å². The second kappa shape index (κ2) is 7.37. The number of carbonyl (C=O) groups excluding carboxylic acids is 1. The first-order valence-electron chi connectivity index (χ1n) is 7.56. The molecule has 0 aliphatic rings. The molecule has 1 heterocycles. The van der Waals surface area contributed by atoms with E-state index in [2.05, 4.69) is 15.5 Å². The number of benzene rings is 2. The number of ether oxygens (including phenoxy) is 1. The summed E-state index contributed by atoms with van der Waals surface area (Å²) in [6.45, 7) is 0.505. The first kappa shape index (κ1) is 15.7. The number of nitrogens with one attached hydrogen (secondary N) is 1. The molecule has 0 spiro atoms. The summed E-state index contributed by atoms with van der Waals surface area (Å²) >= 11 is 0. The van der Waals surface area contributed by atoms with Gasteiger partial charge in [0.2, 0.25) is 5.88 Å². The smallest absolute Gasteiger partial charge is 0.251 e. The van der Waals surface area contributed by atoms with Crippen molar-refractivity contribution in [1.82, 2.24) is 15.5 Å². The minimum atomic E-state index is -0.105. The van der Waals surface area contributed by atoms with Crippen LogP contribution in [0.1, 0.15) is 15.9 Å². The van der Waals surface area contributed by atoms with Crippen LogP contribution >= 0.6 is 0 Å². The fourth-order valence-corrected chi connectivity index (χ4v) is 2.26. The lowest BCUT2D eigenvalue weighted by atomic mass is 10.1. The van der Waals surface area contributed by atoms with Gasteiger partial charge in [0.15, 0.2) is 0 Å². The van der Waals surface area contributed by atoms with Crippen molar-refractivity contribution in [3.8, 4) is 17.1 Å². The van der Waals surface area contributed by atoms with Crippen LogP contribution in [0.5, 0.6) is 5.88 Å². The highest BCUT2D eigenvalue weighted by Gasteiger charge is 2.07. The maximum Gasteiger partial charge on any atom is 0.251 e. The van der Waals surface area contributed by atoms with Crippen LogP contribution in [0.4, 0.5) is 0 Å². The van der Waals surface area contributed by atoms with E-state index in [-0.39, 0.29) is 5.91 Å². The number of rotatable bonds is 5. The summed E-state index contributed by atoms with van der Waals surface area (Å²) in [4.78, 5) is 12.2. The molecule has 1 aromatic heterocycles. The van der Waals surface area contributed by atoms with Gasteiger partial charge in [-0.05, 0) is 23.8 Å². The Bertz CT molecular complexity index is 800. The number of methoxy groups -OCH3 is 1. The van der Waals surface area contributed by atoms with Crippen LogP contribution in [0.2, 0.25) is 0 Å². The lowest BCUT2D eigenvalue weighted by Gasteiger charge is -2.06. The first-order chi connectivity index (χ1) is 11.8. The number of carbonyl (C=O) groups is 1. The predicted octanol–water partition coefficient (Wildman–Crippen LogP) is 3.08. The van der Waals surface area contributed by atoms with Crippen LogP contribution in [0.25, 0.3) is 11.3 Å². The Morgan fingerprint density at radius 1 is 0.958 bits per heavy atom. The predicted molar refractivity (Wildman–Crippen MR) is 91.6 cm³/mol. The molecule has 1 N–H and O–H groups in total.